The Morgan fingerprint density at radius 2 is 2.04 bits per heavy atom. The highest BCUT2D eigenvalue weighted by Gasteiger charge is 2.28. The number of aryl methyl sites for hydroxylation is 1. The molecule has 3 aromatic rings. The lowest BCUT2D eigenvalue weighted by atomic mass is 10.1. The van der Waals surface area contributed by atoms with Crippen molar-refractivity contribution in [3.63, 3.8) is 0 Å². The average molecular weight is 307 g/mol. The Morgan fingerprint density at radius 3 is 2.87 bits per heavy atom. The van der Waals surface area contributed by atoms with Gasteiger partial charge in [0.05, 0.1) is 5.69 Å². The molecule has 0 saturated carbocycles. The summed E-state index contributed by atoms with van der Waals surface area (Å²) in [5, 5.41) is 0. The summed E-state index contributed by atoms with van der Waals surface area (Å²) in [5.41, 5.74) is 3.15. The summed E-state index contributed by atoms with van der Waals surface area (Å²) in [5.74, 6) is 1.66. The lowest BCUT2D eigenvalue weighted by Crippen LogP contribution is -2.21. The van der Waals surface area contributed by atoms with Crippen LogP contribution in [0.15, 0.2) is 42.7 Å². The molecule has 23 heavy (non-hydrogen) atoms. The highest BCUT2D eigenvalue weighted by molar-refractivity contribution is 5.71. The van der Waals surface area contributed by atoms with Gasteiger partial charge in [0.15, 0.2) is 5.65 Å². The summed E-state index contributed by atoms with van der Waals surface area (Å²) >= 11 is 0. The predicted octanol–water partition coefficient (Wildman–Crippen LogP) is 2.84. The maximum Gasteiger partial charge on any atom is 0.159 e. The van der Waals surface area contributed by atoms with Crippen LogP contribution in [-0.2, 0) is 13.1 Å². The summed E-state index contributed by atoms with van der Waals surface area (Å²) in [6.07, 6.45) is 4.86. The molecule has 0 aromatic carbocycles. The molecule has 5 heteroatoms. The van der Waals surface area contributed by atoms with Crippen LogP contribution in [-0.4, -0.2) is 37.5 Å². The third-order valence-corrected chi connectivity index (χ3v) is 4.60. The molecule has 0 radical (unpaired) electrons. The van der Waals surface area contributed by atoms with Crippen molar-refractivity contribution >= 4 is 11.2 Å². The van der Waals surface area contributed by atoms with E-state index in [4.69, 9.17) is 4.98 Å². The molecular weight excluding hydrogens is 286 g/mol. The fourth-order valence-corrected chi connectivity index (χ4v) is 3.51. The van der Waals surface area contributed by atoms with Gasteiger partial charge in [0.25, 0.3) is 0 Å². The van der Waals surface area contributed by atoms with Gasteiger partial charge in [-0.05, 0) is 44.2 Å². The van der Waals surface area contributed by atoms with Crippen LogP contribution in [0.25, 0.3) is 11.2 Å². The molecule has 1 atom stereocenters. The first-order chi connectivity index (χ1) is 11.3. The van der Waals surface area contributed by atoms with E-state index in [1.165, 1.54) is 5.82 Å². The minimum atomic E-state index is 0.480. The molecule has 4 rings (SSSR count). The number of imidazole rings is 1. The van der Waals surface area contributed by atoms with Crippen molar-refractivity contribution < 1.29 is 0 Å². The first kappa shape index (κ1) is 14.3. The van der Waals surface area contributed by atoms with Crippen molar-refractivity contribution in [2.24, 2.45) is 0 Å². The Balaban J connectivity index is 1.56. The maximum absolute atomic E-state index is 4.87. The summed E-state index contributed by atoms with van der Waals surface area (Å²) in [6, 6.07) is 10.1. The van der Waals surface area contributed by atoms with E-state index in [0.29, 0.717) is 5.92 Å². The van der Waals surface area contributed by atoms with Gasteiger partial charge in [-0.1, -0.05) is 6.07 Å². The Bertz CT molecular complexity index is 796. The second kappa shape index (κ2) is 6.08. The quantitative estimate of drug-likeness (QED) is 0.743. The topological polar surface area (TPSA) is 46.8 Å². The summed E-state index contributed by atoms with van der Waals surface area (Å²) < 4.78 is 2.27. The summed E-state index contributed by atoms with van der Waals surface area (Å²) in [6.45, 7) is 6.14. The smallest absolute Gasteiger partial charge is 0.159 e. The van der Waals surface area contributed by atoms with E-state index in [1.54, 1.807) is 0 Å². The van der Waals surface area contributed by atoms with Crippen LogP contribution >= 0.6 is 0 Å². The molecule has 1 fully saturated rings. The molecule has 0 aliphatic carbocycles. The number of rotatable bonds is 4. The van der Waals surface area contributed by atoms with Crippen molar-refractivity contribution in [3.8, 4) is 0 Å². The Kier molecular flexibility index (Phi) is 3.79. The number of fused-ring (bicyclic) bond motifs is 1. The third-order valence-electron chi connectivity index (χ3n) is 4.60. The number of hydrogen-bond acceptors (Lipinski definition) is 4. The molecule has 0 amide bonds. The van der Waals surface area contributed by atoms with Gasteiger partial charge in [-0.2, -0.15) is 0 Å². The number of likely N-dealkylation sites (tertiary alicyclic amines) is 1. The van der Waals surface area contributed by atoms with Crippen LogP contribution in [0.3, 0.4) is 0 Å². The molecule has 1 aliphatic rings. The van der Waals surface area contributed by atoms with Gasteiger partial charge < -0.3 is 4.57 Å². The normalized spacial score (nSPS) is 18.7. The van der Waals surface area contributed by atoms with Gasteiger partial charge in [-0.25, -0.2) is 9.97 Å². The second-order valence-corrected chi connectivity index (χ2v) is 6.10. The van der Waals surface area contributed by atoms with E-state index in [0.717, 1.165) is 49.5 Å². The molecule has 0 spiro atoms. The minimum absolute atomic E-state index is 0.480. The van der Waals surface area contributed by atoms with E-state index in [1.807, 2.05) is 24.5 Å². The molecule has 5 nitrogen and oxygen atoms in total. The Labute approximate surface area is 136 Å². The number of aromatic nitrogens is 4. The van der Waals surface area contributed by atoms with Crippen molar-refractivity contribution in [1.82, 2.24) is 24.4 Å². The highest BCUT2D eigenvalue weighted by Crippen LogP contribution is 2.29. The van der Waals surface area contributed by atoms with Crippen LogP contribution in [0.1, 0.15) is 30.8 Å². The zero-order chi connectivity index (χ0) is 15.6. The van der Waals surface area contributed by atoms with E-state index in [2.05, 4.69) is 44.6 Å². The van der Waals surface area contributed by atoms with Gasteiger partial charge >= 0.3 is 0 Å². The largest absolute Gasteiger partial charge is 0.313 e. The van der Waals surface area contributed by atoms with Crippen molar-refractivity contribution in [1.29, 1.82) is 0 Å². The highest BCUT2D eigenvalue weighted by atomic mass is 15.2. The average Bonchev–Trinajstić information content (AvgIpc) is 3.19. The van der Waals surface area contributed by atoms with E-state index < -0.39 is 0 Å². The van der Waals surface area contributed by atoms with Gasteiger partial charge in [0, 0.05) is 37.9 Å². The monoisotopic (exact) mass is 307 g/mol. The SMILES string of the molecule is CCn1c([C@@H]2CCN(Cc3ccccn3)C2)nc2cccnc21. The fourth-order valence-electron chi connectivity index (χ4n) is 3.51. The molecule has 0 N–H and O–H groups in total. The number of pyridine rings is 2. The van der Waals surface area contributed by atoms with E-state index in [-0.39, 0.29) is 0 Å². The van der Waals surface area contributed by atoms with Gasteiger partial charge in [0.1, 0.15) is 11.3 Å². The van der Waals surface area contributed by atoms with Crippen molar-refractivity contribution in [2.75, 3.05) is 13.1 Å². The Morgan fingerprint density at radius 1 is 1.13 bits per heavy atom. The van der Waals surface area contributed by atoms with Gasteiger partial charge in [-0.3, -0.25) is 9.88 Å². The second-order valence-electron chi connectivity index (χ2n) is 6.10. The van der Waals surface area contributed by atoms with Crippen LogP contribution in [0.2, 0.25) is 0 Å². The molecule has 118 valence electrons. The zero-order valence-electron chi connectivity index (χ0n) is 13.4. The number of nitrogens with zero attached hydrogens (tertiary/aromatic N) is 5. The minimum Gasteiger partial charge on any atom is -0.313 e. The molecule has 0 unspecified atom stereocenters. The van der Waals surface area contributed by atoms with E-state index in [9.17, 15) is 0 Å². The molecule has 0 bridgehead atoms. The maximum atomic E-state index is 4.87. The lowest BCUT2D eigenvalue weighted by molar-refractivity contribution is 0.321. The first-order valence-electron chi connectivity index (χ1n) is 8.28. The van der Waals surface area contributed by atoms with Crippen LogP contribution in [0.5, 0.6) is 0 Å². The molecular formula is C18H21N5. The molecule has 3 aromatic heterocycles. The summed E-state index contributed by atoms with van der Waals surface area (Å²) in [4.78, 5) is 16.3. The molecule has 4 heterocycles. The third kappa shape index (κ3) is 2.72. The number of hydrogen-bond donors (Lipinski definition) is 0. The standard InChI is InChI=1S/C18H21N5/c1-2-23-17(21-16-7-5-10-20-18(16)23)14-8-11-22(12-14)13-15-6-3-4-9-19-15/h3-7,9-10,14H,2,8,11-13H2,1H3/t14-/m1/s1. The van der Waals surface area contributed by atoms with Gasteiger partial charge in [0.2, 0.25) is 0 Å². The van der Waals surface area contributed by atoms with Crippen LogP contribution in [0, 0.1) is 0 Å². The van der Waals surface area contributed by atoms with Crippen molar-refractivity contribution in [2.45, 2.75) is 32.4 Å². The molecule has 1 saturated heterocycles. The van der Waals surface area contributed by atoms with Crippen molar-refractivity contribution in [3.05, 3.63) is 54.2 Å². The predicted molar refractivity (Wildman–Crippen MR) is 90.1 cm³/mol. The first-order valence-corrected chi connectivity index (χ1v) is 8.28. The Hall–Kier alpha value is -2.27. The van der Waals surface area contributed by atoms with Crippen LogP contribution < -0.4 is 0 Å². The van der Waals surface area contributed by atoms with Crippen LogP contribution in [0.4, 0.5) is 0 Å². The lowest BCUT2D eigenvalue weighted by Gasteiger charge is -2.16. The van der Waals surface area contributed by atoms with E-state index >= 15 is 0 Å². The summed E-state index contributed by atoms with van der Waals surface area (Å²) in [7, 11) is 0. The molecule has 1 aliphatic heterocycles. The zero-order valence-corrected chi connectivity index (χ0v) is 13.4. The fraction of sp³-hybridized carbons (Fsp3) is 0.389. The van der Waals surface area contributed by atoms with Gasteiger partial charge in [-0.15, -0.1) is 0 Å².